The third-order valence-electron chi connectivity index (χ3n) is 6.72. The third-order valence-corrected chi connectivity index (χ3v) is 6.72. The molecule has 0 unspecified atom stereocenters. The van der Waals surface area contributed by atoms with Crippen LogP contribution in [0.3, 0.4) is 0 Å². The number of anilines is 1. The zero-order chi connectivity index (χ0) is 24.4. The van der Waals surface area contributed by atoms with E-state index in [2.05, 4.69) is 27.9 Å². The van der Waals surface area contributed by atoms with Gasteiger partial charge in [-0.15, -0.1) is 0 Å². The number of carbonyl (C=O) groups is 3. The molecule has 3 N–H and O–H groups in total. The second-order valence-electron chi connectivity index (χ2n) is 8.90. The van der Waals surface area contributed by atoms with E-state index in [0.717, 1.165) is 35.1 Å². The predicted molar refractivity (Wildman–Crippen MR) is 126 cm³/mol. The normalized spacial score (nSPS) is 18.5. The Bertz CT molecular complexity index is 1220. The fourth-order valence-electron chi connectivity index (χ4n) is 5.11. The number of fused-ring (bicyclic) bond motifs is 3. The van der Waals surface area contributed by atoms with E-state index in [1.54, 1.807) is 0 Å². The van der Waals surface area contributed by atoms with Crippen molar-refractivity contribution in [2.75, 3.05) is 11.9 Å². The fourth-order valence-corrected chi connectivity index (χ4v) is 5.11. The summed E-state index contributed by atoms with van der Waals surface area (Å²) in [7, 11) is 0. The molecule has 2 amide bonds. The highest BCUT2D eigenvalue weighted by Crippen LogP contribution is 2.44. The van der Waals surface area contributed by atoms with E-state index in [1.807, 2.05) is 36.4 Å². The highest BCUT2D eigenvalue weighted by Gasteiger charge is 2.32. The van der Waals surface area contributed by atoms with Crippen molar-refractivity contribution in [3.05, 3.63) is 71.4 Å². The van der Waals surface area contributed by atoms with Crippen molar-refractivity contribution >= 4 is 23.9 Å². The molecule has 2 aromatic carbocycles. The lowest BCUT2D eigenvalue weighted by molar-refractivity contribution is -0.138. The number of rotatable bonds is 7. The molecule has 5 rings (SSSR count). The quantitative estimate of drug-likeness (QED) is 0.461. The van der Waals surface area contributed by atoms with E-state index in [4.69, 9.17) is 14.4 Å². The number of hydrogen-bond acceptors (Lipinski definition) is 6. The average Bonchev–Trinajstić information content (AvgIpc) is 3.56. The second kappa shape index (κ2) is 9.61. The summed E-state index contributed by atoms with van der Waals surface area (Å²) in [5.74, 6) is -1.55. The molecule has 0 bridgehead atoms. The van der Waals surface area contributed by atoms with Gasteiger partial charge in [0.2, 0.25) is 5.88 Å². The highest BCUT2D eigenvalue weighted by molar-refractivity contribution is 5.94. The lowest BCUT2D eigenvalue weighted by Crippen LogP contribution is -2.38. The maximum atomic E-state index is 12.5. The van der Waals surface area contributed by atoms with Gasteiger partial charge in [-0.3, -0.25) is 14.9 Å². The van der Waals surface area contributed by atoms with Crippen LogP contribution in [0.15, 0.2) is 59.1 Å². The molecule has 1 fully saturated rings. The van der Waals surface area contributed by atoms with Gasteiger partial charge in [0.25, 0.3) is 5.91 Å². The molecular formula is C26H25N3O6. The Kier molecular flexibility index (Phi) is 6.22. The monoisotopic (exact) mass is 475 g/mol. The van der Waals surface area contributed by atoms with Crippen molar-refractivity contribution in [1.29, 1.82) is 0 Å². The average molecular weight is 476 g/mol. The molecule has 2 aliphatic rings. The highest BCUT2D eigenvalue weighted by atomic mass is 16.6. The standard InChI is InChI=1S/C26H25N3O6/c30-24(31)12-15-6-5-11-21(15)27-25(32)22-13-23(35-29-22)28-26(33)34-14-20-18-9-3-1-7-16(18)17-8-2-4-10-19(17)20/h1-4,7-10,13,15,20-21H,5-6,11-12,14H2,(H,27,32)(H,28,33)(H,30,31)/t15-,21+/m0/s1. The van der Waals surface area contributed by atoms with E-state index in [-0.39, 0.29) is 42.5 Å². The zero-order valence-corrected chi connectivity index (χ0v) is 18.9. The largest absolute Gasteiger partial charge is 0.481 e. The van der Waals surface area contributed by atoms with Crippen LogP contribution in [-0.4, -0.2) is 40.9 Å². The topological polar surface area (TPSA) is 131 Å². The molecule has 2 atom stereocenters. The zero-order valence-electron chi connectivity index (χ0n) is 18.9. The van der Waals surface area contributed by atoms with Crippen LogP contribution in [-0.2, 0) is 9.53 Å². The van der Waals surface area contributed by atoms with Crippen LogP contribution in [0.1, 0.15) is 53.2 Å². The summed E-state index contributed by atoms with van der Waals surface area (Å²) in [4.78, 5) is 36.0. The fraction of sp³-hybridized carbons (Fsp3) is 0.308. The van der Waals surface area contributed by atoms with Gasteiger partial charge < -0.3 is 19.7 Å². The third kappa shape index (κ3) is 4.75. The van der Waals surface area contributed by atoms with Gasteiger partial charge in [-0.05, 0) is 41.0 Å². The van der Waals surface area contributed by atoms with E-state index in [1.165, 1.54) is 6.07 Å². The van der Waals surface area contributed by atoms with E-state index < -0.39 is 18.0 Å². The first-order valence-electron chi connectivity index (χ1n) is 11.6. The number of carbonyl (C=O) groups excluding carboxylic acids is 2. The van der Waals surface area contributed by atoms with Crippen molar-refractivity contribution < 1.29 is 28.8 Å². The van der Waals surface area contributed by atoms with Crippen LogP contribution in [0, 0.1) is 5.92 Å². The van der Waals surface area contributed by atoms with Crippen LogP contribution < -0.4 is 10.6 Å². The van der Waals surface area contributed by atoms with Gasteiger partial charge in [0, 0.05) is 18.0 Å². The minimum atomic E-state index is -0.882. The van der Waals surface area contributed by atoms with Crippen molar-refractivity contribution in [3.8, 4) is 11.1 Å². The molecule has 0 aliphatic heterocycles. The molecule has 1 saturated carbocycles. The Morgan fingerprint density at radius 2 is 1.71 bits per heavy atom. The molecule has 1 aromatic heterocycles. The predicted octanol–water partition coefficient (Wildman–Crippen LogP) is 4.41. The number of ether oxygens (including phenoxy) is 1. The number of carboxylic acid groups (broad SMARTS) is 1. The summed E-state index contributed by atoms with van der Waals surface area (Å²) in [5.41, 5.74) is 4.48. The minimum Gasteiger partial charge on any atom is -0.481 e. The van der Waals surface area contributed by atoms with Crippen LogP contribution in [0.25, 0.3) is 11.1 Å². The molecule has 0 radical (unpaired) electrons. The summed E-state index contributed by atoms with van der Waals surface area (Å²) in [5, 5.41) is 18.1. The molecule has 0 spiro atoms. The number of nitrogens with one attached hydrogen (secondary N) is 2. The molecule has 2 aliphatic carbocycles. The summed E-state index contributed by atoms with van der Waals surface area (Å²) in [6.07, 6.45) is 1.62. The van der Waals surface area contributed by atoms with Gasteiger partial charge in [0.05, 0.1) is 6.42 Å². The number of aromatic nitrogens is 1. The Balaban J connectivity index is 1.17. The Labute approximate surface area is 201 Å². The first-order valence-corrected chi connectivity index (χ1v) is 11.6. The SMILES string of the molecule is O=C(O)C[C@@H]1CCC[C@H]1NC(=O)c1cc(NC(=O)OCC2c3ccccc3-c3ccccc32)on1. The number of carboxylic acids is 1. The number of hydrogen-bond donors (Lipinski definition) is 3. The van der Waals surface area contributed by atoms with Crippen LogP contribution in [0.5, 0.6) is 0 Å². The molecular weight excluding hydrogens is 450 g/mol. The van der Waals surface area contributed by atoms with Crippen molar-refractivity contribution in [1.82, 2.24) is 10.5 Å². The molecule has 0 saturated heterocycles. The lowest BCUT2D eigenvalue weighted by Gasteiger charge is -2.18. The first-order chi connectivity index (χ1) is 17.0. The van der Waals surface area contributed by atoms with Crippen LogP contribution >= 0.6 is 0 Å². The van der Waals surface area contributed by atoms with Gasteiger partial charge in [-0.1, -0.05) is 60.1 Å². The van der Waals surface area contributed by atoms with E-state index in [0.29, 0.717) is 6.42 Å². The van der Waals surface area contributed by atoms with Crippen molar-refractivity contribution in [2.45, 2.75) is 37.6 Å². The number of benzene rings is 2. The summed E-state index contributed by atoms with van der Waals surface area (Å²) in [6, 6.07) is 17.2. The number of amides is 2. The van der Waals surface area contributed by atoms with Crippen LogP contribution in [0.4, 0.5) is 10.7 Å². The molecule has 9 heteroatoms. The molecule has 35 heavy (non-hydrogen) atoms. The first kappa shape index (κ1) is 22.6. The molecule has 1 heterocycles. The summed E-state index contributed by atoms with van der Waals surface area (Å²) in [6.45, 7) is 0.147. The summed E-state index contributed by atoms with van der Waals surface area (Å²) < 4.78 is 10.6. The van der Waals surface area contributed by atoms with E-state index >= 15 is 0 Å². The lowest BCUT2D eigenvalue weighted by atomic mass is 9.98. The van der Waals surface area contributed by atoms with Crippen molar-refractivity contribution in [2.24, 2.45) is 5.92 Å². The van der Waals surface area contributed by atoms with Gasteiger partial charge in [0.1, 0.15) is 6.61 Å². The Morgan fingerprint density at radius 3 is 2.40 bits per heavy atom. The Morgan fingerprint density at radius 1 is 1.03 bits per heavy atom. The maximum Gasteiger partial charge on any atom is 0.414 e. The molecule has 9 nitrogen and oxygen atoms in total. The smallest absolute Gasteiger partial charge is 0.414 e. The minimum absolute atomic E-state index is 0.0000716. The number of aliphatic carboxylic acids is 1. The van der Waals surface area contributed by atoms with Gasteiger partial charge in [-0.2, -0.15) is 0 Å². The van der Waals surface area contributed by atoms with Gasteiger partial charge in [-0.25, -0.2) is 4.79 Å². The van der Waals surface area contributed by atoms with Crippen LogP contribution in [0.2, 0.25) is 0 Å². The Hall–Kier alpha value is -4.14. The number of nitrogens with zero attached hydrogens (tertiary/aromatic N) is 1. The van der Waals surface area contributed by atoms with Crippen molar-refractivity contribution in [3.63, 3.8) is 0 Å². The second-order valence-corrected chi connectivity index (χ2v) is 8.90. The van der Waals surface area contributed by atoms with Gasteiger partial charge >= 0.3 is 12.1 Å². The van der Waals surface area contributed by atoms with Gasteiger partial charge in [0.15, 0.2) is 5.69 Å². The molecule has 3 aromatic rings. The maximum absolute atomic E-state index is 12.5. The molecule has 180 valence electrons. The van der Waals surface area contributed by atoms with E-state index in [9.17, 15) is 14.4 Å². The summed E-state index contributed by atoms with van der Waals surface area (Å²) >= 11 is 0.